The van der Waals surface area contributed by atoms with Crippen molar-refractivity contribution < 1.29 is 9.59 Å². The molecule has 0 saturated heterocycles. The van der Waals surface area contributed by atoms with E-state index in [2.05, 4.69) is 10.6 Å². The predicted molar refractivity (Wildman–Crippen MR) is 83.5 cm³/mol. The first-order valence-corrected chi connectivity index (χ1v) is 7.76. The largest absolute Gasteiger partial charge is 0.352 e. The molecule has 4 nitrogen and oxygen atoms in total. The van der Waals surface area contributed by atoms with Crippen molar-refractivity contribution in [2.24, 2.45) is 0 Å². The molecule has 1 aromatic carbocycles. The minimum absolute atomic E-state index is 0.0350. The number of thioether (sulfide) groups is 1. The fourth-order valence-corrected chi connectivity index (χ4v) is 2.42. The van der Waals surface area contributed by atoms with Crippen LogP contribution in [-0.2, 0) is 15.3 Å². The minimum atomic E-state index is -0.179. The second-order valence-electron chi connectivity index (χ2n) is 4.88. The molecular formula is C15H22N2O2S. The van der Waals surface area contributed by atoms with E-state index in [0.717, 1.165) is 5.75 Å². The van der Waals surface area contributed by atoms with Crippen molar-refractivity contribution in [2.45, 2.75) is 37.8 Å². The van der Waals surface area contributed by atoms with E-state index in [4.69, 9.17) is 0 Å². The smallest absolute Gasteiger partial charge is 0.239 e. The highest BCUT2D eigenvalue weighted by Crippen LogP contribution is 2.17. The van der Waals surface area contributed by atoms with E-state index in [-0.39, 0.29) is 29.7 Å². The van der Waals surface area contributed by atoms with Crippen LogP contribution in [0.1, 0.15) is 26.3 Å². The summed E-state index contributed by atoms with van der Waals surface area (Å²) in [5.41, 5.74) is 1.19. The van der Waals surface area contributed by atoms with Gasteiger partial charge in [-0.3, -0.25) is 9.59 Å². The van der Waals surface area contributed by atoms with Crippen LogP contribution in [0.5, 0.6) is 0 Å². The molecule has 0 heterocycles. The third kappa shape index (κ3) is 6.61. The van der Waals surface area contributed by atoms with E-state index < -0.39 is 0 Å². The van der Waals surface area contributed by atoms with Gasteiger partial charge in [-0.15, -0.1) is 11.8 Å². The van der Waals surface area contributed by atoms with Gasteiger partial charge in [0.1, 0.15) is 0 Å². The number of carbonyl (C=O) groups is 2. The first kappa shape index (κ1) is 16.6. The van der Waals surface area contributed by atoms with Gasteiger partial charge in [0.25, 0.3) is 0 Å². The van der Waals surface area contributed by atoms with Gasteiger partial charge in [0.05, 0.1) is 11.8 Å². The summed E-state index contributed by atoms with van der Waals surface area (Å²) in [5.74, 6) is 0.520. The highest BCUT2D eigenvalue weighted by Gasteiger charge is 2.14. The number of amides is 2. The molecule has 0 bridgehead atoms. The fourth-order valence-electron chi connectivity index (χ4n) is 1.56. The molecule has 2 amide bonds. The average molecular weight is 294 g/mol. The Hall–Kier alpha value is -1.49. The maximum absolute atomic E-state index is 11.8. The SMILES string of the molecule is CC(C)NC(=O)CNC(=O)[C@H](C)SCc1ccccc1. The van der Waals surface area contributed by atoms with Gasteiger partial charge in [0.15, 0.2) is 0 Å². The van der Waals surface area contributed by atoms with Crippen LogP contribution in [0, 0.1) is 0 Å². The van der Waals surface area contributed by atoms with E-state index in [9.17, 15) is 9.59 Å². The Morgan fingerprint density at radius 1 is 1.15 bits per heavy atom. The summed E-state index contributed by atoms with van der Waals surface area (Å²) in [7, 11) is 0. The number of nitrogens with one attached hydrogen (secondary N) is 2. The molecule has 110 valence electrons. The van der Waals surface area contributed by atoms with Gasteiger partial charge in [-0.1, -0.05) is 30.3 Å². The fraction of sp³-hybridized carbons (Fsp3) is 0.467. The van der Waals surface area contributed by atoms with Crippen molar-refractivity contribution in [2.75, 3.05) is 6.54 Å². The summed E-state index contributed by atoms with van der Waals surface area (Å²) in [6.07, 6.45) is 0. The molecule has 0 aliphatic rings. The van der Waals surface area contributed by atoms with Crippen molar-refractivity contribution in [1.29, 1.82) is 0 Å². The maximum Gasteiger partial charge on any atom is 0.239 e. The van der Waals surface area contributed by atoms with E-state index in [1.54, 1.807) is 11.8 Å². The molecule has 0 aliphatic carbocycles. The van der Waals surface area contributed by atoms with E-state index in [0.29, 0.717) is 0 Å². The van der Waals surface area contributed by atoms with Crippen molar-refractivity contribution in [1.82, 2.24) is 10.6 Å². The zero-order chi connectivity index (χ0) is 15.0. The molecule has 0 radical (unpaired) electrons. The van der Waals surface area contributed by atoms with Crippen molar-refractivity contribution in [3.05, 3.63) is 35.9 Å². The summed E-state index contributed by atoms with van der Waals surface area (Å²) >= 11 is 1.56. The molecule has 20 heavy (non-hydrogen) atoms. The Bertz CT molecular complexity index is 435. The van der Waals surface area contributed by atoms with Crippen LogP contribution >= 0.6 is 11.8 Å². The van der Waals surface area contributed by atoms with Gasteiger partial charge in [0.2, 0.25) is 11.8 Å². The normalized spacial score (nSPS) is 12.0. The number of hydrogen-bond acceptors (Lipinski definition) is 3. The number of benzene rings is 1. The first-order valence-electron chi connectivity index (χ1n) is 6.71. The summed E-state index contributed by atoms with van der Waals surface area (Å²) in [5, 5.41) is 5.21. The third-order valence-electron chi connectivity index (χ3n) is 2.58. The van der Waals surface area contributed by atoms with Crippen molar-refractivity contribution in [3.8, 4) is 0 Å². The topological polar surface area (TPSA) is 58.2 Å². The number of carbonyl (C=O) groups excluding carboxylic acids is 2. The Morgan fingerprint density at radius 2 is 1.80 bits per heavy atom. The second-order valence-corrected chi connectivity index (χ2v) is 6.21. The zero-order valence-electron chi connectivity index (χ0n) is 12.2. The monoisotopic (exact) mass is 294 g/mol. The zero-order valence-corrected chi connectivity index (χ0v) is 13.0. The average Bonchev–Trinajstić information content (AvgIpc) is 2.42. The molecule has 2 N–H and O–H groups in total. The molecule has 0 fully saturated rings. The Labute approximate surface area is 124 Å². The first-order chi connectivity index (χ1) is 9.49. The maximum atomic E-state index is 11.8. The summed E-state index contributed by atoms with van der Waals surface area (Å²) < 4.78 is 0. The summed E-state index contributed by atoms with van der Waals surface area (Å²) in [6, 6.07) is 10.1. The lowest BCUT2D eigenvalue weighted by atomic mass is 10.2. The molecule has 1 rings (SSSR count). The molecule has 5 heteroatoms. The highest BCUT2D eigenvalue weighted by atomic mass is 32.2. The van der Waals surface area contributed by atoms with Gasteiger partial charge in [-0.05, 0) is 26.3 Å². The lowest BCUT2D eigenvalue weighted by molar-refractivity contribution is -0.125. The van der Waals surface area contributed by atoms with Gasteiger partial charge in [-0.25, -0.2) is 0 Å². The summed E-state index contributed by atoms with van der Waals surface area (Å²) in [4.78, 5) is 23.3. The van der Waals surface area contributed by atoms with Crippen molar-refractivity contribution >= 4 is 23.6 Å². The van der Waals surface area contributed by atoms with Crippen LogP contribution in [0.3, 0.4) is 0 Å². The van der Waals surface area contributed by atoms with Crippen molar-refractivity contribution in [3.63, 3.8) is 0 Å². The van der Waals surface area contributed by atoms with E-state index in [1.807, 2.05) is 51.1 Å². The summed E-state index contributed by atoms with van der Waals surface area (Å²) in [6.45, 7) is 5.66. The van der Waals surface area contributed by atoms with Crippen LogP contribution in [-0.4, -0.2) is 29.7 Å². The lowest BCUT2D eigenvalue weighted by Gasteiger charge is -2.13. The molecule has 0 aromatic heterocycles. The number of rotatable bonds is 7. The predicted octanol–water partition coefficient (Wildman–Crippen LogP) is 1.95. The van der Waals surface area contributed by atoms with Crippen LogP contribution in [0.25, 0.3) is 0 Å². The third-order valence-corrected chi connectivity index (χ3v) is 3.80. The Morgan fingerprint density at radius 3 is 2.40 bits per heavy atom. The molecule has 0 spiro atoms. The Kier molecular flexibility index (Phi) is 7.15. The van der Waals surface area contributed by atoms with Gasteiger partial charge >= 0.3 is 0 Å². The van der Waals surface area contributed by atoms with Crippen LogP contribution in [0.2, 0.25) is 0 Å². The second kappa shape index (κ2) is 8.64. The quantitative estimate of drug-likeness (QED) is 0.808. The molecule has 0 saturated carbocycles. The highest BCUT2D eigenvalue weighted by molar-refractivity contribution is 7.99. The molecular weight excluding hydrogens is 272 g/mol. The van der Waals surface area contributed by atoms with Gasteiger partial charge in [0, 0.05) is 11.8 Å². The molecule has 1 atom stereocenters. The van der Waals surface area contributed by atoms with Crippen LogP contribution in [0.15, 0.2) is 30.3 Å². The van der Waals surface area contributed by atoms with Gasteiger partial charge < -0.3 is 10.6 Å². The van der Waals surface area contributed by atoms with E-state index in [1.165, 1.54) is 5.56 Å². The minimum Gasteiger partial charge on any atom is -0.352 e. The lowest BCUT2D eigenvalue weighted by Crippen LogP contribution is -2.42. The Balaban J connectivity index is 2.27. The van der Waals surface area contributed by atoms with Gasteiger partial charge in [-0.2, -0.15) is 0 Å². The number of hydrogen-bond donors (Lipinski definition) is 2. The molecule has 0 unspecified atom stereocenters. The van der Waals surface area contributed by atoms with Crippen LogP contribution in [0.4, 0.5) is 0 Å². The molecule has 1 aromatic rings. The van der Waals surface area contributed by atoms with Crippen LogP contribution < -0.4 is 10.6 Å². The molecule has 0 aliphatic heterocycles. The standard InChI is InChI=1S/C15H22N2O2S/c1-11(2)17-14(18)9-16-15(19)12(3)20-10-13-7-5-4-6-8-13/h4-8,11-12H,9-10H2,1-3H3,(H,16,19)(H,17,18)/t12-/m0/s1. The van der Waals surface area contributed by atoms with E-state index >= 15 is 0 Å².